The fourth-order valence-corrected chi connectivity index (χ4v) is 2.54. The molecule has 1 atom stereocenters. The van der Waals surface area contributed by atoms with Gasteiger partial charge in [-0.1, -0.05) is 37.3 Å². The predicted octanol–water partition coefficient (Wildman–Crippen LogP) is 2.65. The molecule has 0 bridgehead atoms. The van der Waals surface area contributed by atoms with E-state index in [1.807, 2.05) is 0 Å². The van der Waals surface area contributed by atoms with Crippen LogP contribution in [0.4, 0.5) is 0 Å². The number of likely N-dealkylation sites (N-methyl/N-ethyl adjacent to an activating group) is 1. The molecule has 0 aromatic heterocycles. The molecule has 1 aromatic carbocycles. The molecule has 1 aliphatic rings. The summed E-state index contributed by atoms with van der Waals surface area (Å²) in [7, 11) is 2.18. The standard InChI is InChI=1S/C16H26N2/c1-4-18(3)12-14(2)17-13-16(10-11-16)15-8-6-5-7-9-15/h5-9,14,17H,4,10-13H2,1-3H3. The van der Waals surface area contributed by atoms with Gasteiger partial charge in [0.15, 0.2) is 0 Å². The number of nitrogens with one attached hydrogen (secondary N) is 1. The minimum absolute atomic E-state index is 0.431. The largest absolute Gasteiger partial charge is 0.312 e. The molecule has 1 unspecified atom stereocenters. The lowest BCUT2D eigenvalue weighted by molar-refractivity contribution is 0.306. The molecule has 2 heteroatoms. The van der Waals surface area contributed by atoms with Crippen molar-refractivity contribution in [3.05, 3.63) is 35.9 Å². The van der Waals surface area contributed by atoms with Crippen LogP contribution < -0.4 is 5.32 Å². The van der Waals surface area contributed by atoms with Crippen molar-refractivity contribution in [3.63, 3.8) is 0 Å². The van der Waals surface area contributed by atoms with E-state index in [4.69, 9.17) is 0 Å². The van der Waals surface area contributed by atoms with Crippen LogP contribution in [0.15, 0.2) is 30.3 Å². The molecule has 1 N–H and O–H groups in total. The predicted molar refractivity (Wildman–Crippen MR) is 78.0 cm³/mol. The van der Waals surface area contributed by atoms with E-state index in [2.05, 4.69) is 61.4 Å². The summed E-state index contributed by atoms with van der Waals surface area (Å²) in [5.41, 5.74) is 1.94. The fraction of sp³-hybridized carbons (Fsp3) is 0.625. The third-order valence-corrected chi connectivity index (χ3v) is 4.15. The van der Waals surface area contributed by atoms with Gasteiger partial charge in [0, 0.05) is 24.5 Å². The SMILES string of the molecule is CCN(C)CC(C)NCC1(c2ccccc2)CC1. The highest BCUT2D eigenvalue weighted by Crippen LogP contribution is 2.47. The molecule has 1 saturated carbocycles. The first kappa shape index (κ1) is 13.6. The minimum Gasteiger partial charge on any atom is -0.312 e. The Bertz CT molecular complexity index is 357. The summed E-state index contributed by atoms with van der Waals surface area (Å²) >= 11 is 0. The molecule has 0 aliphatic heterocycles. The summed E-state index contributed by atoms with van der Waals surface area (Å²) < 4.78 is 0. The van der Waals surface area contributed by atoms with Crippen molar-refractivity contribution < 1.29 is 0 Å². The molecule has 2 rings (SSSR count). The van der Waals surface area contributed by atoms with E-state index in [9.17, 15) is 0 Å². The Balaban J connectivity index is 1.83. The van der Waals surface area contributed by atoms with Crippen LogP contribution in [0, 0.1) is 0 Å². The van der Waals surface area contributed by atoms with E-state index in [1.165, 1.54) is 18.4 Å². The molecule has 100 valence electrons. The van der Waals surface area contributed by atoms with E-state index in [0.29, 0.717) is 11.5 Å². The second-order valence-corrected chi connectivity index (χ2v) is 5.78. The highest BCUT2D eigenvalue weighted by Gasteiger charge is 2.43. The lowest BCUT2D eigenvalue weighted by atomic mass is 9.96. The molecule has 1 aromatic rings. The van der Waals surface area contributed by atoms with Gasteiger partial charge in [0.1, 0.15) is 0 Å². The van der Waals surface area contributed by atoms with Gasteiger partial charge in [-0.05, 0) is 38.9 Å². The maximum absolute atomic E-state index is 3.71. The van der Waals surface area contributed by atoms with E-state index < -0.39 is 0 Å². The third kappa shape index (κ3) is 3.33. The molecule has 0 amide bonds. The Morgan fingerprint density at radius 3 is 2.50 bits per heavy atom. The molecule has 0 spiro atoms. The van der Waals surface area contributed by atoms with Gasteiger partial charge in [-0.3, -0.25) is 0 Å². The van der Waals surface area contributed by atoms with Crippen LogP contribution in [0.2, 0.25) is 0 Å². The Kier molecular flexibility index (Phi) is 4.41. The van der Waals surface area contributed by atoms with Crippen LogP contribution >= 0.6 is 0 Å². The van der Waals surface area contributed by atoms with Crippen molar-refractivity contribution in [1.29, 1.82) is 0 Å². The minimum atomic E-state index is 0.431. The van der Waals surface area contributed by atoms with Crippen molar-refractivity contribution in [2.45, 2.75) is 38.1 Å². The summed E-state index contributed by atoms with van der Waals surface area (Å²) in [4.78, 5) is 2.36. The highest BCUT2D eigenvalue weighted by molar-refractivity contribution is 5.31. The summed E-state index contributed by atoms with van der Waals surface area (Å²) in [6.07, 6.45) is 2.67. The molecule has 18 heavy (non-hydrogen) atoms. The fourth-order valence-electron chi connectivity index (χ4n) is 2.54. The molecule has 1 fully saturated rings. The Labute approximate surface area is 111 Å². The zero-order chi connectivity index (χ0) is 13.0. The lowest BCUT2D eigenvalue weighted by Gasteiger charge is -2.24. The van der Waals surface area contributed by atoms with Crippen molar-refractivity contribution in [2.24, 2.45) is 0 Å². The van der Waals surface area contributed by atoms with Gasteiger partial charge in [0.25, 0.3) is 0 Å². The maximum atomic E-state index is 3.71. The average Bonchev–Trinajstić information content (AvgIpc) is 3.18. The summed E-state index contributed by atoms with van der Waals surface area (Å²) in [6.45, 7) is 7.86. The van der Waals surface area contributed by atoms with Gasteiger partial charge in [-0.25, -0.2) is 0 Å². The first-order valence-electron chi connectivity index (χ1n) is 7.14. The third-order valence-electron chi connectivity index (χ3n) is 4.15. The van der Waals surface area contributed by atoms with Gasteiger partial charge < -0.3 is 10.2 Å². The molecular weight excluding hydrogens is 220 g/mol. The van der Waals surface area contributed by atoms with Crippen LogP contribution in [0.25, 0.3) is 0 Å². The van der Waals surface area contributed by atoms with Crippen molar-refractivity contribution >= 4 is 0 Å². The van der Waals surface area contributed by atoms with Gasteiger partial charge >= 0.3 is 0 Å². The maximum Gasteiger partial charge on any atom is 0.0166 e. The Morgan fingerprint density at radius 1 is 1.28 bits per heavy atom. The van der Waals surface area contributed by atoms with E-state index >= 15 is 0 Å². The monoisotopic (exact) mass is 246 g/mol. The van der Waals surface area contributed by atoms with Gasteiger partial charge in [-0.15, -0.1) is 0 Å². The second-order valence-electron chi connectivity index (χ2n) is 5.78. The van der Waals surface area contributed by atoms with Gasteiger partial charge in [0.2, 0.25) is 0 Å². The number of benzene rings is 1. The second kappa shape index (κ2) is 5.85. The number of rotatable bonds is 7. The highest BCUT2D eigenvalue weighted by atomic mass is 15.1. The number of hydrogen-bond donors (Lipinski definition) is 1. The summed E-state index contributed by atoms with van der Waals surface area (Å²) in [5, 5.41) is 3.71. The number of nitrogens with zero attached hydrogens (tertiary/aromatic N) is 1. The molecule has 1 aliphatic carbocycles. The average molecular weight is 246 g/mol. The van der Waals surface area contributed by atoms with E-state index in [-0.39, 0.29) is 0 Å². The van der Waals surface area contributed by atoms with Gasteiger partial charge in [-0.2, -0.15) is 0 Å². The summed E-state index contributed by atoms with van der Waals surface area (Å²) in [5.74, 6) is 0. The van der Waals surface area contributed by atoms with E-state index in [0.717, 1.165) is 19.6 Å². The first-order valence-corrected chi connectivity index (χ1v) is 7.14. The molecule has 0 radical (unpaired) electrons. The molecule has 2 nitrogen and oxygen atoms in total. The van der Waals surface area contributed by atoms with E-state index in [1.54, 1.807) is 0 Å². The zero-order valence-electron chi connectivity index (χ0n) is 11.9. The van der Waals surface area contributed by atoms with Crippen molar-refractivity contribution in [2.75, 3.05) is 26.7 Å². The normalized spacial score (nSPS) is 18.9. The summed E-state index contributed by atoms with van der Waals surface area (Å²) in [6, 6.07) is 11.5. The van der Waals surface area contributed by atoms with Crippen LogP contribution in [-0.4, -0.2) is 37.6 Å². The molecular formula is C16H26N2. The molecule has 0 saturated heterocycles. The smallest absolute Gasteiger partial charge is 0.0166 e. The van der Waals surface area contributed by atoms with Crippen LogP contribution in [-0.2, 0) is 5.41 Å². The Hall–Kier alpha value is -0.860. The molecule has 0 heterocycles. The zero-order valence-corrected chi connectivity index (χ0v) is 11.9. The number of hydrogen-bond acceptors (Lipinski definition) is 2. The quantitative estimate of drug-likeness (QED) is 0.795. The van der Waals surface area contributed by atoms with Crippen LogP contribution in [0.3, 0.4) is 0 Å². The van der Waals surface area contributed by atoms with Crippen molar-refractivity contribution in [3.8, 4) is 0 Å². The topological polar surface area (TPSA) is 15.3 Å². The van der Waals surface area contributed by atoms with Crippen molar-refractivity contribution in [1.82, 2.24) is 10.2 Å². The van der Waals surface area contributed by atoms with Crippen LogP contribution in [0.1, 0.15) is 32.3 Å². The Morgan fingerprint density at radius 2 is 1.94 bits per heavy atom. The van der Waals surface area contributed by atoms with Gasteiger partial charge in [0.05, 0.1) is 0 Å². The first-order chi connectivity index (χ1) is 8.66. The van der Waals surface area contributed by atoms with Crippen LogP contribution in [0.5, 0.6) is 0 Å². The lowest BCUT2D eigenvalue weighted by Crippen LogP contribution is -2.40.